The summed E-state index contributed by atoms with van der Waals surface area (Å²) >= 11 is 1.90. The highest BCUT2D eigenvalue weighted by atomic mass is 127. The molecule has 0 heterocycles. The summed E-state index contributed by atoms with van der Waals surface area (Å²) in [7, 11) is 0. The van der Waals surface area contributed by atoms with E-state index in [4.69, 9.17) is 9.47 Å². The Labute approximate surface area is 145 Å². The van der Waals surface area contributed by atoms with Crippen LogP contribution in [0.2, 0.25) is 0 Å². The van der Waals surface area contributed by atoms with Crippen LogP contribution < -0.4 is 27.3 Å². The fraction of sp³-hybridized carbons (Fsp3) is 0.278. The van der Waals surface area contributed by atoms with Gasteiger partial charge in [-0.2, -0.15) is 0 Å². The smallest absolute Gasteiger partial charge is 0.428 e. The van der Waals surface area contributed by atoms with Gasteiger partial charge in [0.15, 0.2) is 3.57 Å². The maximum Gasteiger partial charge on any atom is 0.514 e. The normalized spacial score (nSPS) is 10.2. The molecule has 0 radical (unpaired) electrons. The second-order valence-corrected chi connectivity index (χ2v) is 7.04. The predicted octanol–water partition coefficient (Wildman–Crippen LogP) is 1.45. The van der Waals surface area contributed by atoms with E-state index in [1.807, 2.05) is 52.9 Å². The highest BCUT2D eigenvalue weighted by molar-refractivity contribution is 5.64. The van der Waals surface area contributed by atoms with Crippen LogP contribution in [0.15, 0.2) is 54.6 Å². The van der Waals surface area contributed by atoms with Crippen molar-refractivity contribution < 1.29 is 36.9 Å². The van der Waals surface area contributed by atoms with Crippen LogP contribution in [0.5, 0.6) is 5.75 Å². The van der Waals surface area contributed by atoms with E-state index >= 15 is 0 Å². The van der Waals surface area contributed by atoms with E-state index in [1.165, 1.54) is 5.56 Å². The molecule has 3 nitrogen and oxygen atoms in total. The highest BCUT2D eigenvalue weighted by Crippen LogP contribution is 2.13. The van der Waals surface area contributed by atoms with Gasteiger partial charge in [0.1, 0.15) is 11.4 Å². The Kier molecular flexibility index (Phi) is 7.38. The molecule has 0 spiro atoms. The fourth-order valence-electron chi connectivity index (χ4n) is 1.41. The van der Waals surface area contributed by atoms with E-state index in [0.29, 0.717) is 5.75 Å². The molecule has 0 aliphatic carbocycles. The first-order chi connectivity index (χ1) is 10.3. The average molecular weight is 413 g/mol. The van der Waals surface area contributed by atoms with Crippen LogP contribution in [0, 0.1) is 10.5 Å². The van der Waals surface area contributed by atoms with E-state index in [-0.39, 0.29) is 0 Å². The molecule has 0 unspecified atom stereocenters. The molecular formula is C18H22IO3+. The third-order valence-corrected chi connectivity index (χ3v) is 3.13. The second kappa shape index (κ2) is 8.78. The van der Waals surface area contributed by atoms with Crippen LogP contribution >= 0.6 is 0 Å². The van der Waals surface area contributed by atoms with Crippen molar-refractivity contribution in [1.29, 1.82) is 0 Å². The van der Waals surface area contributed by atoms with Gasteiger partial charge in [0.2, 0.25) is 0 Å². The Balaban J connectivity index is 0.000000287. The number of carbonyl (C=O) groups is 1. The van der Waals surface area contributed by atoms with Crippen molar-refractivity contribution in [3.05, 3.63) is 63.7 Å². The summed E-state index contributed by atoms with van der Waals surface area (Å²) in [5, 5.41) is 0. The quantitative estimate of drug-likeness (QED) is 0.404. The summed E-state index contributed by atoms with van der Waals surface area (Å²) in [6, 6.07) is 17.5. The lowest BCUT2D eigenvalue weighted by atomic mass is 10.2. The molecule has 2 rings (SSSR count). The largest absolute Gasteiger partial charge is 0.514 e. The van der Waals surface area contributed by atoms with Crippen LogP contribution in [0.1, 0.15) is 26.3 Å². The Bertz CT molecular complexity index is 572. The van der Waals surface area contributed by atoms with E-state index in [0.717, 1.165) is 3.57 Å². The average Bonchev–Trinajstić information content (AvgIpc) is 2.41. The summed E-state index contributed by atoms with van der Waals surface area (Å²) in [6.07, 6.45) is -0.674. The highest BCUT2D eigenvalue weighted by Gasteiger charge is 2.17. The van der Waals surface area contributed by atoms with Gasteiger partial charge in [-0.15, -0.1) is 0 Å². The molecule has 0 amide bonds. The van der Waals surface area contributed by atoms with Crippen molar-refractivity contribution in [3.63, 3.8) is 0 Å². The summed E-state index contributed by atoms with van der Waals surface area (Å²) < 4.78 is 11.1. The molecule has 118 valence electrons. The number of rotatable bonds is 1. The SMILES string of the molecule is CC(C)(C)OC(=O)Oc1ccc([IH+])cc1.Cc1ccccc1. The number of carbonyl (C=O) groups excluding carboxylic acids is 1. The van der Waals surface area contributed by atoms with Crippen LogP contribution in [-0.2, 0) is 4.74 Å². The van der Waals surface area contributed by atoms with Gasteiger partial charge in [-0.05, 0) is 52.0 Å². The minimum Gasteiger partial charge on any atom is -0.428 e. The number of hydrogen-bond acceptors (Lipinski definition) is 3. The van der Waals surface area contributed by atoms with Crippen LogP contribution in [0.4, 0.5) is 4.79 Å². The molecule has 0 N–H and O–H groups in total. The zero-order valence-corrected chi connectivity index (χ0v) is 15.7. The first-order valence-electron chi connectivity index (χ1n) is 6.96. The van der Waals surface area contributed by atoms with Crippen LogP contribution in [0.3, 0.4) is 0 Å². The maximum absolute atomic E-state index is 11.3. The van der Waals surface area contributed by atoms with Gasteiger partial charge in [-0.25, -0.2) is 4.79 Å². The van der Waals surface area contributed by atoms with Gasteiger partial charge in [0.05, 0.1) is 0 Å². The minimum absolute atomic E-state index is 0.497. The Morgan fingerprint density at radius 3 is 1.91 bits per heavy atom. The third kappa shape index (κ3) is 8.67. The van der Waals surface area contributed by atoms with E-state index < -0.39 is 11.8 Å². The standard InChI is InChI=1S/C11H14IO3.C7H8/c1-11(2,3)15-10(13)14-9-6-4-8(12)5-7-9;1-7-5-3-2-4-6-7/h4-7,12H,1-3H3;2-6H,1H3/q+1;. The molecular weight excluding hydrogens is 391 g/mol. The molecule has 0 saturated heterocycles. The Morgan fingerprint density at radius 1 is 0.955 bits per heavy atom. The molecule has 0 bridgehead atoms. The molecule has 2 aromatic rings. The molecule has 0 aromatic heterocycles. The molecule has 2 aromatic carbocycles. The van der Waals surface area contributed by atoms with Crippen molar-refractivity contribution in [2.24, 2.45) is 0 Å². The van der Waals surface area contributed by atoms with Crippen molar-refractivity contribution in [1.82, 2.24) is 0 Å². The number of ether oxygens (including phenoxy) is 2. The molecule has 4 heteroatoms. The van der Waals surface area contributed by atoms with Gasteiger partial charge < -0.3 is 9.47 Å². The van der Waals surface area contributed by atoms with Gasteiger partial charge in [-0.1, -0.05) is 35.9 Å². The summed E-state index contributed by atoms with van der Waals surface area (Å²) in [4.78, 5) is 11.3. The zero-order valence-electron chi connectivity index (χ0n) is 13.3. The Morgan fingerprint density at radius 2 is 1.50 bits per heavy atom. The predicted molar refractivity (Wildman–Crippen MR) is 84.6 cm³/mol. The number of benzene rings is 2. The number of halogens is 1. The lowest BCUT2D eigenvalue weighted by Gasteiger charge is -2.18. The van der Waals surface area contributed by atoms with E-state index in [9.17, 15) is 4.79 Å². The monoisotopic (exact) mass is 413 g/mol. The molecule has 0 aliphatic rings. The zero-order chi connectivity index (χ0) is 16.6. The van der Waals surface area contributed by atoms with Crippen LogP contribution in [0.25, 0.3) is 0 Å². The number of hydrogen-bond donors (Lipinski definition) is 0. The number of aryl methyl sites for hydroxylation is 1. The first-order valence-corrected chi connectivity index (χ1v) is 8.12. The molecule has 0 atom stereocenters. The molecule has 22 heavy (non-hydrogen) atoms. The lowest BCUT2D eigenvalue weighted by molar-refractivity contribution is -0.328. The lowest BCUT2D eigenvalue weighted by Crippen LogP contribution is -3.34. The Hall–Kier alpha value is -1.56. The molecule has 0 fully saturated rings. The topological polar surface area (TPSA) is 35.5 Å². The van der Waals surface area contributed by atoms with Crippen molar-refractivity contribution in [2.75, 3.05) is 0 Å². The molecule has 0 aliphatic heterocycles. The summed E-state index contributed by atoms with van der Waals surface area (Å²) in [6.45, 7) is 7.47. The summed E-state index contributed by atoms with van der Waals surface area (Å²) in [5.41, 5.74) is 0.796. The van der Waals surface area contributed by atoms with Crippen molar-refractivity contribution in [3.8, 4) is 5.75 Å². The van der Waals surface area contributed by atoms with Crippen LogP contribution in [-0.4, -0.2) is 11.8 Å². The van der Waals surface area contributed by atoms with Crippen molar-refractivity contribution >= 4 is 6.16 Å². The van der Waals surface area contributed by atoms with E-state index in [2.05, 4.69) is 19.1 Å². The fourth-order valence-corrected chi connectivity index (χ4v) is 1.80. The maximum atomic E-state index is 11.3. The van der Waals surface area contributed by atoms with Gasteiger partial charge >= 0.3 is 6.16 Å². The summed E-state index contributed by atoms with van der Waals surface area (Å²) in [5.74, 6) is 0.497. The second-order valence-electron chi connectivity index (χ2n) is 5.69. The third-order valence-electron chi connectivity index (χ3n) is 2.35. The van der Waals surface area contributed by atoms with Gasteiger partial charge in [-0.3, -0.25) is 0 Å². The molecule has 0 saturated carbocycles. The van der Waals surface area contributed by atoms with Gasteiger partial charge in [0.25, 0.3) is 22.6 Å². The first kappa shape index (κ1) is 18.5. The minimum atomic E-state index is -0.674. The van der Waals surface area contributed by atoms with E-state index in [1.54, 1.807) is 32.9 Å². The van der Waals surface area contributed by atoms with Crippen molar-refractivity contribution in [2.45, 2.75) is 33.3 Å². The van der Waals surface area contributed by atoms with Gasteiger partial charge in [0, 0.05) is 0 Å².